The molecule has 0 saturated carbocycles. The fourth-order valence-electron chi connectivity index (χ4n) is 2.16. The molecule has 0 fully saturated rings. The minimum absolute atomic E-state index is 0.0506. The Morgan fingerprint density at radius 2 is 2.00 bits per heavy atom. The predicted molar refractivity (Wildman–Crippen MR) is 80.9 cm³/mol. The largest absolute Gasteiger partial charge is 0.323 e. The maximum Gasteiger partial charge on any atom is 0.0537 e. The Labute approximate surface area is 117 Å². The minimum atomic E-state index is 0.0506. The van der Waals surface area contributed by atoms with Crippen molar-refractivity contribution in [3.63, 3.8) is 0 Å². The fourth-order valence-corrected chi connectivity index (χ4v) is 2.16. The van der Waals surface area contributed by atoms with E-state index in [1.54, 1.807) is 4.68 Å². The van der Waals surface area contributed by atoms with Crippen molar-refractivity contribution in [2.24, 2.45) is 18.7 Å². The molecule has 1 atom stereocenters. The first-order valence-electron chi connectivity index (χ1n) is 7.54. The molecule has 0 radical (unpaired) electrons. The van der Waals surface area contributed by atoms with Gasteiger partial charge in [0.25, 0.3) is 0 Å². The molecule has 0 aliphatic heterocycles. The fraction of sp³-hybridized carbons (Fsp3) is 0.800. The first-order valence-corrected chi connectivity index (χ1v) is 7.54. The lowest BCUT2D eigenvalue weighted by Crippen LogP contribution is -2.27. The van der Waals surface area contributed by atoms with Crippen LogP contribution < -0.4 is 11.1 Å². The summed E-state index contributed by atoms with van der Waals surface area (Å²) in [6, 6.07) is 0.0506. The molecule has 3 N–H and O–H groups in total. The van der Waals surface area contributed by atoms with Crippen LogP contribution in [0.15, 0.2) is 12.4 Å². The standard InChI is InChI=1S/C15H30N4/c1-13(2)8-6-4-5-7-9-17-11-15(16)14-10-18-19(3)12-14/h10,12-13,15,17H,4-9,11,16H2,1-3H3. The molecule has 0 aromatic carbocycles. The summed E-state index contributed by atoms with van der Waals surface area (Å²) in [7, 11) is 1.92. The van der Waals surface area contributed by atoms with Gasteiger partial charge in [-0.2, -0.15) is 5.10 Å². The average molecular weight is 266 g/mol. The first-order chi connectivity index (χ1) is 9.09. The summed E-state index contributed by atoms with van der Waals surface area (Å²) in [5.74, 6) is 0.843. The van der Waals surface area contributed by atoms with E-state index in [0.717, 1.165) is 24.6 Å². The topological polar surface area (TPSA) is 55.9 Å². The predicted octanol–water partition coefficient (Wildman–Crippen LogP) is 2.62. The highest BCUT2D eigenvalue weighted by molar-refractivity contribution is 5.09. The number of aromatic nitrogens is 2. The number of unbranched alkanes of at least 4 members (excludes halogenated alkanes) is 3. The molecular weight excluding hydrogens is 236 g/mol. The van der Waals surface area contributed by atoms with Crippen molar-refractivity contribution < 1.29 is 0 Å². The van der Waals surface area contributed by atoms with Crippen molar-refractivity contribution in [1.82, 2.24) is 15.1 Å². The van der Waals surface area contributed by atoms with E-state index in [4.69, 9.17) is 5.73 Å². The van der Waals surface area contributed by atoms with Gasteiger partial charge in [0.15, 0.2) is 0 Å². The molecule has 1 aromatic rings. The molecule has 4 nitrogen and oxygen atoms in total. The molecule has 0 aliphatic carbocycles. The number of rotatable bonds is 10. The van der Waals surface area contributed by atoms with Gasteiger partial charge in [-0.05, 0) is 18.9 Å². The smallest absolute Gasteiger partial charge is 0.0537 e. The van der Waals surface area contributed by atoms with Gasteiger partial charge in [0.1, 0.15) is 0 Å². The van der Waals surface area contributed by atoms with Gasteiger partial charge in [-0.25, -0.2) is 0 Å². The van der Waals surface area contributed by atoms with Crippen LogP contribution in [-0.4, -0.2) is 22.9 Å². The summed E-state index contributed by atoms with van der Waals surface area (Å²) < 4.78 is 1.80. The minimum Gasteiger partial charge on any atom is -0.323 e. The van der Waals surface area contributed by atoms with Crippen LogP contribution in [0.5, 0.6) is 0 Å². The van der Waals surface area contributed by atoms with E-state index in [0.29, 0.717) is 0 Å². The SMILES string of the molecule is CC(C)CCCCCCNCC(N)c1cnn(C)c1. The normalized spacial score (nSPS) is 13.1. The zero-order valence-electron chi connectivity index (χ0n) is 12.7. The quantitative estimate of drug-likeness (QED) is 0.640. The molecule has 4 heteroatoms. The summed E-state index contributed by atoms with van der Waals surface area (Å²) in [6.07, 6.45) is 10.5. The third-order valence-corrected chi connectivity index (χ3v) is 3.40. The highest BCUT2D eigenvalue weighted by Crippen LogP contribution is 2.09. The number of hydrogen-bond donors (Lipinski definition) is 2. The van der Waals surface area contributed by atoms with E-state index in [2.05, 4.69) is 24.3 Å². The van der Waals surface area contributed by atoms with Crippen molar-refractivity contribution in [3.05, 3.63) is 18.0 Å². The molecule has 1 unspecified atom stereocenters. The molecule has 0 spiro atoms. The Bertz CT molecular complexity index is 333. The number of nitrogens with zero attached hydrogens (tertiary/aromatic N) is 2. The van der Waals surface area contributed by atoms with Gasteiger partial charge in [0.2, 0.25) is 0 Å². The maximum absolute atomic E-state index is 6.09. The molecule has 0 saturated heterocycles. The summed E-state index contributed by atoms with van der Waals surface area (Å²) in [5.41, 5.74) is 7.19. The van der Waals surface area contributed by atoms with Crippen LogP contribution >= 0.6 is 0 Å². The Kier molecular flexibility index (Phi) is 7.75. The second kappa shape index (κ2) is 9.10. The number of nitrogens with one attached hydrogen (secondary N) is 1. The maximum atomic E-state index is 6.09. The van der Waals surface area contributed by atoms with Crippen LogP contribution in [0.3, 0.4) is 0 Å². The molecule has 110 valence electrons. The van der Waals surface area contributed by atoms with Gasteiger partial charge in [0.05, 0.1) is 6.20 Å². The summed E-state index contributed by atoms with van der Waals surface area (Å²) in [6.45, 7) is 6.48. The van der Waals surface area contributed by atoms with Crippen LogP contribution in [0.4, 0.5) is 0 Å². The van der Waals surface area contributed by atoms with Gasteiger partial charge in [-0.3, -0.25) is 4.68 Å². The molecule has 0 bridgehead atoms. The lowest BCUT2D eigenvalue weighted by Gasteiger charge is -2.11. The Hall–Kier alpha value is -0.870. The van der Waals surface area contributed by atoms with Gasteiger partial charge < -0.3 is 11.1 Å². The highest BCUT2D eigenvalue weighted by Gasteiger charge is 2.06. The zero-order valence-corrected chi connectivity index (χ0v) is 12.7. The Morgan fingerprint density at radius 1 is 1.26 bits per heavy atom. The van der Waals surface area contributed by atoms with Crippen LogP contribution in [0.2, 0.25) is 0 Å². The lowest BCUT2D eigenvalue weighted by atomic mass is 10.0. The van der Waals surface area contributed by atoms with Crippen molar-refractivity contribution in [2.75, 3.05) is 13.1 Å². The van der Waals surface area contributed by atoms with Gasteiger partial charge >= 0.3 is 0 Å². The lowest BCUT2D eigenvalue weighted by molar-refractivity contribution is 0.507. The molecule has 1 heterocycles. The number of hydrogen-bond acceptors (Lipinski definition) is 3. The number of aryl methyl sites for hydroxylation is 1. The van der Waals surface area contributed by atoms with E-state index in [9.17, 15) is 0 Å². The van der Waals surface area contributed by atoms with Gasteiger partial charge in [-0.15, -0.1) is 0 Å². The van der Waals surface area contributed by atoms with Crippen molar-refractivity contribution >= 4 is 0 Å². The van der Waals surface area contributed by atoms with Crippen molar-refractivity contribution in [3.8, 4) is 0 Å². The molecule has 0 aliphatic rings. The van der Waals surface area contributed by atoms with Crippen LogP contribution in [-0.2, 0) is 7.05 Å². The van der Waals surface area contributed by atoms with Gasteiger partial charge in [0, 0.05) is 31.4 Å². The Morgan fingerprint density at radius 3 is 2.63 bits per heavy atom. The molecule has 19 heavy (non-hydrogen) atoms. The summed E-state index contributed by atoms with van der Waals surface area (Å²) >= 11 is 0. The molecule has 1 aromatic heterocycles. The van der Waals surface area contributed by atoms with E-state index in [1.807, 2.05) is 19.4 Å². The second-order valence-corrected chi connectivity index (χ2v) is 5.85. The summed E-state index contributed by atoms with van der Waals surface area (Å²) in [4.78, 5) is 0. The monoisotopic (exact) mass is 266 g/mol. The van der Waals surface area contributed by atoms with Gasteiger partial charge in [-0.1, -0.05) is 39.5 Å². The van der Waals surface area contributed by atoms with Crippen molar-refractivity contribution in [2.45, 2.75) is 52.0 Å². The van der Waals surface area contributed by atoms with Crippen LogP contribution in [0.25, 0.3) is 0 Å². The zero-order chi connectivity index (χ0) is 14.1. The van der Waals surface area contributed by atoms with E-state index < -0.39 is 0 Å². The molecule has 0 amide bonds. The molecular formula is C15H30N4. The van der Waals surface area contributed by atoms with Crippen LogP contribution in [0, 0.1) is 5.92 Å². The van der Waals surface area contributed by atoms with E-state index >= 15 is 0 Å². The third-order valence-electron chi connectivity index (χ3n) is 3.40. The molecule has 1 rings (SSSR count). The van der Waals surface area contributed by atoms with Crippen LogP contribution in [0.1, 0.15) is 57.6 Å². The highest BCUT2D eigenvalue weighted by atomic mass is 15.2. The number of nitrogens with two attached hydrogens (primary N) is 1. The van der Waals surface area contributed by atoms with E-state index in [1.165, 1.54) is 32.1 Å². The Balaban J connectivity index is 1.96. The second-order valence-electron chi connectivity index (χ2n) is 5.85. The van der Waals surface area contributed by atoms with E-state index in [-0.39, 0.29) is 6.04 Å². The average Bonchev–Trinajstić information content (AvgIpc) is 2.78. The third kappa shape index (κ3) is 7.33. The first kappa shape index (κ1) is 16.2. The van der Waals surface area contributed by atoms with Crippen molar-refractivity contribution in [1.29, 1.82) is 0 Å². The summed E-state index contributed by atoms with van der Waals surface area (Å²) in [5, 5.41) is 7.57.